The molecule has 2 nitrogen and oxygen atoms in total. The topological polar surface area (TPSA) is 40.9 Å². The van der Waals surface area contributed by atoms with Crippen LogP contribution in [0.3, 0.4) is 0 Å². The fourth-order valence-corrected chi connectivity index (χ4v) is 1.75. The first-order chi connectivity index (χ1) is 5.58. The zero-order valence-electron chi connectivity index (χ0n) is 7.76. The number of rotatable bonds is 2. The van der Waals surface area contributed by atoms with Crippen molar-refractivity contribution in [2.75, 3.05) is 0 Å². The number of hydrogen-bond acceptors (Lipinski definition) is 2. The number of carbonyl (C=O) groups excluding carboxylic acids is 1. The first kappa shape index (κ1) is 9.25. The Bertz CT molecular complexity index is 218. The summed E-state index contributed by atoms with van der Waals surface area (Å²) >= 11 is 0. The van der Waals surface area contributed by atoms with E-state index in [4.69, 9.17) is 5.26 Å². The van der Waals surface area contributed by atoms with Gasteiger partial charge in [-0.2, -0.15) is 5.26 Å². The molecule has 12 heavy (non-hydrogen) atoms. The Hall–Kier alpha value is -0.840. The second-order valence-electron chi connectivity index (χ2n) is 4.08. The number of ketones is 1. The summed E-state index contributed by atoms with van der Waals surface area (Å²) in [5.74, 6) is 0.308. The van der Waals surface area contributed by atoms with Gasteiger partial charge in [-0.25, -0.2) is 0 Å². The first-order valence-corrected chi connectivity index (χ1v) is 4.53. The Morgan fingerprint density at radius 1 is 1.42 bits per heavy atom. The van der Waals surface area contributed by atoms with E-state index in [1.54, 1.807) is 13.8 Å². The molecule has 0 aliphatic heterocycles. The van der Waals surface area contributed by atoms with E-state index < -0.39 is 5.41 Å². The Kier molecular flexibility index (Phi) is 2.52. The Morgan fingerprint density at radius 3 is 2.33 bits per heavy atom. The smallest absolute Gasteiger partial charge is 0.155 e. The minimum absolute atomic E-state index is 0.141. The summed E-state index contributed by atoms with van der Waals surface area (Å²) in [4.78, 5) is 11.7. The monoisotopic (exact) mass is 165 g/mol. The van der Waals surface area contributed by atoms with Crippen LogP contribution in [0.2, 0.25) is 0 Å². The van der Waals surface area contributed by atoms with Crippen molar-refractivity contribution in [2.24, 2.45) is 11.3 Å². The van der Waals surface area contributed by atoms with Crippen molar-refractivity contribution < 1.29 is 4.79 Å². The molecule has 1 rings (SSSR count). The Morgan fingerprint density at radius 2 is 1.92 bits per heavy atom. The summed E-state index contributed by atoms with van der Waals surface area (Å²) in [6.45, 7) is 3.43. The molecule has 0 amide bonds. The minimum atomic E-state index is -0.769. The SMILES string of the molecule is CC(C)(C#N)C(=O)C1CCCC1. The van der Waals surface area contributed by atoms with Crippen molar-refractivity contribution in [1.29, 1.82) is 5.26 Å². The van der Waals surface area contributed by atoms with Crippen LogP contribution in [0.4, 0.5) is 0 Å². The van der Waals surface area contributed by atoms with Gasteiger partial charge in [0, 0.05) is 5.92 Å². The third-order valence-corrected chi connectivity index (χ3v) is 2.62. The highest BCUT2D eigenvalue weighted by molar-refractivity contribution is 5.88. The number of carbonyl (C=O) groups is 1. The van der Waals surface area contributed by atoms with Crippen LogP contribution in [-0.4, -0.2) is 5.78 Å². The highest BCUT2D eigenvalue weighted by Gasteiger charge is 2.34. The largest absolute Gasteiger partial charge is 0.298 e. The van der Waals surface area contributed by atoms with Crippen LogP contribution < -0.4 is 0 Å². The van der Waals surface area contributed by atoms with Crippen LogP contribution in [0, 0.1) is 22.7 Å². The van der Waals surface area contributed by atoms with Crippen LogP contribution in [-0.2, 0) is 4.79 Å². The molecule has 0 aromatic rings. The molecule has 1 fully saturated rings. The third kappa shape index (κ3) is 1.66. The van der Waals surface area contributed by atoms with Gasteiger partial charge in [0.05, 0.1) is 6.07 Å². The molecule has 0 unspecified atom stereocenters. The molecule has 0 N–H and O–H groups in total. The average molecular weight is 165 g/mol. The fourth-order valence-electron chi connectivity index (χ4n) is 1.75. The minimum Gasteiger partial charge on any atom is -0.298 e. The standard InChI is InChI=1S/C10H15NO/c1-10(2,7-11)9(12)8-5-3-4-6-8/h8H,3-6H2,1-2H3. The average Bonchev–Trinajstić information content (AvgIpc) is 2.55. The molecule has 2 heteroatoms. The molecule has 1 saturated carbocycles. The molecule has 1 aliphatic carbocycles. The van der Waals surface area contributed by atoms with Crippen LogP contribution in [0.25, 0.3) is 0 Å². The van der Waals surface area contributed by atoms with Gasteiger partial charge in [0.1, 0.15) is 5.41 Å². The highest BCUT2D eigenvalue weighted by atomic mass is 16.1. The van der Waals surface area contributed by atoms with E-state index in [0.29, 0.717) is 0 Å². The molecule has 0 heterocycles. The van der Waals surface area contributed by atoms with Gasteiger partial charge in [0.2, 0.25) is 0 Å². The van der Waals surface area contributed by atoms with Crippen LogP contribution in [0.15, 0.2) is 0 Å². The lowest BCUT2D eigenvalue weighted by Gasteiger charge is -2.17. The molecule has 0 bridgehead atoms. The normalized spacial score (nSPS) is 19.1. The summed E-state index contributed by atoms with van der Waals surface area (Å²) in [6.07, 6.45) is 4.28. The van der Waals surface area contributed by atoms with Crippen LogP contribution in [0.5, 0.6) is 0 Å². The summed E-state index contributed by atoms with van der Waals surface area (Å²) in [5.41, 5.74) is -0.769. The second kappa shape index (κ2) is 3.26. The summed E-state index contributed by atoms with van der Waals surface area (Å²) in [7, 11) is 0. The number of hydrogen-bond donors (Lipinski definition) is 0. The quantitative estimate of drug-likeness (QED) is 0.630. The summed E-state index contributed by atoms with van der Waals surface area (Å²) < 4.78 is 0. The van der Waals surface area contributed by atoms with Gasteiger partial charge in [0.25, 0.3) is 0 Å². The lowest BCUT2D eigenvalue weighted by molar-refractivity contribution is -0.128. The molecular weight excluding hydrogens is 150 g/mol. The molecule has 1 aliphatic rings. The lowest BCUT2D eigenvalue weighted by Crippen LogP contribution is -2.28. The van der Waals surface area contributed by atoms with E-state index in [1.807, 2.05) is 0 Å². The molecule has 0 aromatic heterocycles. The summed E-state index contributed by atoms with van der Waals surface area (Å²) in [6, 6.07) is 2.07. The maximum absolute atomic E-state index is 11.7. The van der Waals surface area contributed by atoms with Gasteiger partial charge >= 0.3 is 0 Å². The fraction of sp³-hybridized carbons (Fsp3) is 0.800. The predicted octanol–water partition coefficient (Wildman–Crippen LogP) is 2.30. The van der Waals surface area contributed by atoms with Crippen molar-refractivity contribution in [3.05, 3.63) is 0 Å². The molecule has 0 atom stereocenters. The lowest BCUT2D eigenvalue weighted by atomic mass is 9.82. The van der Waals surface area contributed by atoms with Gasteiger partial charge in [-0.1, -0.05) is 12.8 Å². The maximum Gasteiger partial charge on any atom is 0.155 e. The van der Waals surface area contributed by atoms with Gasteiger partial charge in [-0.05, 0) is 26.7 Å². The number of nitriles is 1. The van der Waals surface area contributed by atoms with Crippen LogP contribution >= 0.6 is 0 Å². The van der Waals surface area contributed by atoms with Gasteiger partial charge in [-0.3, -0.25) is 4.79 Å². The van der Waals surface area contributed by atoms with E-state index >= 15 is 0 Å². The Labute approximate surface area is 73.6 Å². The molecule has 0 spiro atoms. The number of nitrogens with zero attached hydrogens (tertiary/aromatic N) is 1. The van der Waals surface area contributed by atoms with Crippen molar-refractivity contribution >= 4 is 5.78 Å². The zero-order valence-corrected chi connectivity index (χ0v) is 7.76. The van der Waals surface area contributed by atoms with E-state index in [-0.39, 0.29) is 11.7 Å². The second-order valence-corrected chi connectivity index (χ2v) is 4.08. The van der Waals surface area contributed by atoms with E-state index in [0.717, 1.165) is 25.7 Å². The molecule has 0 saturated heterocycles. The molecule has 66 valence electrons. The summed E-state index contributed by atoms with van der Waals surface area (Å²) in [5, 5.41) is 8.75. The molecule has 0 radical (unpaired) electrons. The molecule has 0 aromatic carbocycles. The van der Waals surface area contributed by atoms with E-state index in [1.165, 1.54) is 0 Å². The highest BCUT2D eigenvalue weighted by Crippen LogP contribution is 2.31. The predicted molar refractivity (Wildman–Crippen MR) is 46.4 cm³/mol. The third-order valence-electron chi connectivity index (χ3n) is 2.62. The van der Waals surface area contributed by atoms with Crippen molar-refractivity contribution in [3.8, 4) is 6.07 Å². The Balaban J connectivity index is 2.64. The number of Topliss-reactive ketones (excluding diaryl/α,β-unsaturated/α-hetero) is 1. The first-order valence-electron chi connectivity index (χ1n) is 4.53. The van der Waals surface area contributed by atoms with Crippen molar-refractivity contribution in [2.45, 2.75) is 39.5 Å². The van der Waals surface area contributed by atoms with Crippen LogP contribution in [0.1, 0.15) is 39.5 Å². The van der Waals surface area contributed by atoms with E-state index in [9.17, 15) is 4.79 Å². The molecular formula is C10H15NO. The van der Waals surface area contributed by atoms with Gasteiger partial charge in [0.15, 0.2) is 5.78 Å². The van der Waals surface area contributed by atoms with Crippen molar-refractivity contribution in [1.82, 2.24) is 0 Å². The van der Waals surface area contributed by atoms with E-state index in [2.05, 4.69) is 6.07 Å². The van der Waals surface area contributed by atoms with Gasteiger partial charge < -0.3 is 0 Å². The zero-order chi connectivity index (χ0) is 9.19. The van der Waals surface area contributed by atoms with Crippen molar-refractivity contribution in [3.63, 3.8) is 0 Å². The maximum atomic E-state index is 11.7. The van der Waals surface area contributed by atoms with Gasteiger partial charge in [-0.15, -0.1) is 0 Å².